The third-order valence-corrected chi connectivity index (χ3v) is 3.74. The van der Waals surface area contributed by atoms with Crippen molar-refractivity contribution in [3.8, 4) is 0 Å². The predicted molar refractivity (Wildman–Crippen MR) is 71.9 cm³/mol. The van der Waals surface area contributed by atoms with Gasteiger partial charge in [-0.1, -0.05) is 17.7 Å². The monoisotopic (exact) mass is 265 g/mol. The van der Waals surface area contributed by atoms with Gasteiger partial charge in [0.1, 0.15) is 5.52 Å². The van der Waals surface area contributed by atoms with Gasteiger partial charge in [-0.3, -0.25) is 4.90 Å². The highest BCUT2D eigenvalue weighted by Gasteiger charge is 2.22. The molecule has 1 aromatic carbocycles. The van der Waals surface area contributed by atoms with Crippen molar-refractivity contribution in [2.75, 3.05) is 26.2 Å². The zero-order valence-electron chi connectivity index (χ0n) is 10.3. The van der Waals surface area contributed by atoms with Gasteiger partial charge >= 0.3 is 0 Å². The molecular weight excluding hydrogens is 250 g/mol. The van der Waals surface area contributed by atoms with Crippen LogP contribution in [0.1, 0.15) is 18.9 Å². The Morgan fingerprint density at radius 3 is 2.89 bits per heavy atom. The molecule has 96 valence electrons. The first kappa shape index (κ1) is 12.0. The Labute approximate surface area is 111 Å². The Balaban J connectivity index is 1.91. The number of para-hydroxylation sites is 1. The summed E-state index contributed by atoms with van der Waals surface area (Å²) in [5.74, 6) is 0.750. The number of nitrogens with zero attached hydrogens (tertiary/aromatic N) is 2. The Morgan fingerprint density at radius 2 is 2.17 bits per heavy atom. The van der Waals surface area contributed by atoms with Gasteiger partial charge in [0.25, 0.3) is 0 Å². The number of rotatable bonds is 2. The summed E-state index contributed by atoms with van der Waals surface area (Å²) in [5, 5.41) is 3.97. The van der Waals surface area contributed by atoms with E-state index in [9.17, 15) is 0 Å². The topological polar surface area (TPSA) is 41.3 Å². The molecule has 1 atom stereocenters. The number of hydrogen-bond acceptors (Lipinski definition) is 4. The molecule has 0 aliphatic carbocycles. The maximum absolute atomic E-state index is 6.10. The SMILES string of the molecule is CC(c1nc2cccc(Cl)c2o1)N1CCNCC1. The van der Waals surface area contributed by atoms with Crippen LogP contribution < -0.4 is 5.32 Å². The molecule has 0 saturated carbocycles. The minimum absolute atomic E-state index is 0.190. The Kier molecular flexibility index (Phi) is 3.24. The van der Waals surface area contributed by atoms with Crippen LogP contribution in [-0.2, 0) is 0 Å². The second-order valence-corrected chi connectivity index (χ2v) is 5.01. The highest BCUT2D eigenvalue weighted by molar-refractivity contribution is 6.34. The summed E-state index contributed by atoms with van der Waals surface area (Å²) in [4.78, 5) is 6.91. The third kappa shape index (κ3) is 2.11. The fourth-order valence-corrected chi connectivity index (χ4v) is 2.55. The highest BCUT2D eigenvalue weighted by Crippen LogP contribution is 2.28. The summed E-state index contributed by atoms with van der Waals surface area (Å²) in [5.41, 5.74) is 1.52. The number of halogens is 1. The number of piperazine rings is 1. The molecule has 2 aromatic rings. The van der Waals surface area contributed by atoms with Gasteiger partial charge < -0.3 is 9.73 Å². The maximum atomic E-state index is 6.10. The molecule has 0 spiro atoms. The van der Waals surface area contributed by atoms with Gasteiger partial charge in [0, 0.05) is 26.2 Å². The lowest BCUT2D eigenvalue weighted by Crippen LogP contribution is -2.44. The number of benzene rings is 1. The van der Waals surface area contributed by atoms with Gasteiger partial charge in [-0.2, -0.15) is 0 Å². The summed E-state index contributed by atoms with van der Waals surface area (Å²) in [6.45, 7) is 6.21. The number of aromatic nitrogens is 1. The van der Waals surface area contributed by atoms with E-state index in [-0.39, 0.29) is 6.04 Å². The van der Waals surface area contributed by atoms with Crippen LogP contribution >= 0.6 is 11.6 Å². The number of nitrogens with one attached hydrogen (secondary N) is 1. The molecule has 2 heterocycles. The van der Waals surface area contributed by atoms with Crippen LogP contribution in [0, 0.1) is 0 Å². The first-order chi connectivity index (χ1) is 8.75. The molecule has 1 aliphatic heterocycles. The quantitative estimate of drug-likeness (QED) is 0.906. The molecule has 1 aromatic heterocycles. The minimum Gasteiger partial charge on any atom is -0.437 e. The molecule has 0 radical (unpaired) electrons. The van der Waals surface area contributed by atoms with Gasteiger partial charge in [-0.15, -0.1) is 0 Å². The van der Waals surface area contributed by atoms with E-state index in [2.05, 4.69) is 22.1 Å². The first-order valence-electron chi connectivity index (χ1n) is 6.25. The molecule has 5 heteroatoms. The molecule has 0 amide bonds. The second kappa shape index (κ2) is 4.88. The van der Waals surface area contributed by atoms with E-state index in [4.69, 9.17) is 16.0 Å². The summed E-state index contributed by atoms with van der Waals surface area (Å²) >= 11 is 6.10. The van der Waals surface area contributed by atoms with Gasteiger partial charge in [0.05, 0.1) is 11.1 Å². The van der Waals surface area contributed by atoms with Crippen molar-refractivity contribution in [1.29, 1.82) is 0 Å². The van der Waals surface area contributed by atoms with Gasteiger partial charge in [0.15, 0.2) is 5.58 Å². The lowest BCUT2D eigenvalue weighted by Gasteiger charge is -2.30. The van der Waals surface area contributed by atoms with E-state index in [1.807, 2.05) is 18.2 Å². The van der Waals surface area contributed by atoms with E-state index in [1.165, 1.54) is 0 Å². The molecule has 1 N–H and O–H groups in total. The Hall–Kier alpha value is -1.10. The number of oxazole rings is 1. The molecule has 1 aliphatic rings. The van der Waals surface area contributed by atoms with Gasteiger partial charge in [-0.25, -0.2) is 4.98 Å². The van der Waals surface area contributed by atoms with E-state index in [1.54, 1.807) is 0 Å². The van der Waals surface area contributed by atoms with Crippen molar-refractivity contribution in [3.63, 3.8) is 0 Å². The standard InChI is InChI=1S/C13H16ClN3O/c1-9(17-7-5-15-6-8-17)13-16-11-4-2-3-10(14)12(11)18-13/h2-4,9,15H,5-8H2,1H3. The van der Waals surface area contributed by atoms with Crippen molar-refractivity contribution in [2.24, 2.45) is 0 Å². The summed E-state index contributed by atoms with van der Waals surface area (Å²) in [7, 11) is 0. The van der Waals surface area contributed by atoms with Crippen LogP contribution in [0.15, 0.2) is 22.6 Å². The molecule has 1 saturated heterocycles. The highest BCUT2D eigenvalue weighted by atomic mass is 35.5. The van der Waals surface area contributed by atoms with Crippen LogP contribution in [0.5, 0.6) is 0 Å². The number of fused-ring (bicyclic) bond motifs is 1. The minimum atomic E-state index is 0.190. The van der Waals surface area contributed by atoms with Crippen LogP contribution in [0.2, 0.25) is 5.02 Å². The van der Waals surface area contributed by atoms with Crippen LogP contribution in [0.4, 0.5) is 0 Å². The van der Waals surface area contributed by atoms with Crippen molar-refractivity contribution < 1.29 is 4.42 Å². The molecule has 3 rings (SSSR count). The van der Waals surface area contributed by atoms with Crippen molar-refractivity contribution in [3.05, 3.63) is 29.1 Å². The first-order valence-corrected chi connectivity index (χ1v) is 6.63. The van der Waals surface area contributed by atoms with E-state index in [0.29, 0.717) is 10.6 Å². The number of hydrogen-bond donors (Lipinski definition) is 1. The zero-order chi connectivity index (χ0) is 12.5. The van der Waals surface area contributed by atoms with Crippen molar-refractivity contribution in [1.82, 2.24) is 15.2 Å². The van der Waals surface area contributed by atoms with Crippen LogP contribution in [-0.4, -0.2) is 36.1 Å². The largest absolute Gasteiger partial charge is 0.437 e. The van der Waals surface area contributed by atoms with E-state index < -0.39 is 0 Å². The maximum Gasteiger partial charge on any atom is 0.212 e. The molecule has 4 nitrogen and oxygen atoms in total. The average molecular weight is 266 g/mol. The smallest absolute Gasteiger partial charge is 0.212 e. The van der Waals surface area contributed by atoms with Crippen LogP contribution in [0.25, 0.3) is 11.1 Å². The summed E-state index contributed by atoms with van der Waals surface area (Å²) in [6, 6.07) is 5.84. The average Bonchev–Trinajstić information content (AvgIpc) is 2.84. The van der Waals surface area contributed by atoms with Gasteiger partial charge in [-0.05, 0) is 19.1 Å². The van der Waals surface area contributed by atoms with E-state index >= 15 is 0 Å². The summed E-state index contributed by atoms with van der Waals surface area (Å²) in [6.07, 6.45) is 0. The van der Waals surface area contributed by atoms with Crippen LogP contribution in [0.3, 0.4) is 0 Å². The van der Waals surface area contributed by atoms with E-state index in [0.717, 1.165) is 37.6 Å². The molecule has 1 fully saturated rings. The zero-order valence-corrected chi connectivity index (χ0v) is 11.1. The summed E-state index contributed by atoms with van der Waals surface area (Å²) < 4.78 is 5.81. The Morgan fingerprint density at radius 1 is 1.39 bits per heavy atom. The molecular formula is C13H16ClN3O. The fraction of sp³-hybridized carbons (Fsp3) is 0.462. The molecule has 0 bridgehead atoms. The third-order valence-electron chi connectivity index (χ3n) is 3.44. The van der Waals surface area contributed by atoms with Crippen molar-refractivity contribution >= 4 is 22.7 Å². The normalized spacial score (nSPS) is 19.2. The second-order valence-electron chi connectivity index (χ2n) is 4.60. The molecule has 18 heavy (non-hydrogen) atoms. The lowest BCUT2D eigenvalue weighted by atomic mass is 10.2. The Bertz CT molecular complexity index is 548. The lowest BCUT2D eigenvalue weighted by molar-refractivity contribution is 0.164. The van der Waals surface area contributed by atoms with Gasteiger partial charge in [0.2, 0.25) is 5.89 Å². The fourth-order valence-electron chi connectivity index (χ4n) is 2.34. The predicted octanol–water partition coefficient (Wildman–Crippen LogP) is 2.45. The van der Waals surface area contributed by atoms with Crippen molar-refractivity contribution in [2.45, 2.75) is 13.0 Å². The molecule has 1 unspecified atom stereocenters.